The maximum absolute atomic E-state index is 6.39. The fourth-order valence-corrected chi connectivity index (χ4v) is 10.1. The van der Waals surface area contributed by atoms with Gasteiger partial charge in [-0.2, -0.15) is 9.97 Å². The van der Waals surface area contributed by atoms with Crippen LogP contribution in [0.25, 0.3) is 94.7 Å². The van der Waals surface area contributed by atoms with Gasteiger partial charge in [0.25, 0.3) is 0 Å². The van der Waals surface area contributed by atoms with Crippen molar-refractivity contribution in [3.63, 3.8) is 0 Å². The highest BCUT2D eigenvalue weighted by atomic mass is 16.3. The molecule has 9 aromatic carbocycles. The summed E-state index contributed by atoms with van der Waals surface area (Å²) in [5.41, 5.74) is 14.5. The molecule has 0 bridgehead atoms. The van der Waals surface area contributed by atoms with Crippen LogP contribution < -0.4 is 0 Å². The quantitative estimate of drug-likeness (QED) is 0.168. The number of nitrogens with zero attached hydrogens (tertiary/aromatic N) is 4. The Hall–Kier alpha value is -8.41. The summed E-state index contributed by atoms with van der Waals surface area (Å²) in [6.45, 7) is 0. The van der Waals surface area contributed by atoms with Crippen LogP contribution in [0.3, 0.4) is 0 Å². The van der Waals surface area contributed by atoms with Crippen LogP contribution in [0.15, 0.2) is 223 Å². The van der Waals surface area contributed by atoms with E-state index in [4.69, 9.17) is 19.4 Å². The first-order valence-corrected chi connectivity index (χ1v) is 21.3. The predicted molar refractivity (Wildman–Crippen MR) is 255 cm³/mol. The summed E-state index contributed by atoms with van der Waals surface area (Å²) < 4.78 is 8.63. The summed E-state index contributed by atoms with van der Waals surface area (Å²) in [5.74, 6) is 1.69. The van der Waals surface area contributed by atoms with E-state index in [9.17, 15) is 0 Å². The summed E-state index contributed by atoms with van der Waals surface area (Å²) in [6, 6.07) is 77.5. The number of fused-ring (bicyclic) bond motifs is 9. The van der Waals surface area contributed by atoms with E-state index in [1.165, 1.54) is 33.4 Å². The Morgan fingerprint density at radius 1 is 0.349 bits per heavy atom. The molecule has 0 saturated heterocycles. The van der Waals surface area contributed by atoms with Crippen molar-refractivity contribution in [2.45, 2.75) is 5.41 Å². The Balaban J connectivity index is 1.09. The highest BCUT2D eigenvalue weighted by molar-refractivity contribution is 6.12. The first kappa shape index (κ1) is 35.4. The molecule has 0 N–H and O–H groups in total. The van der Waals surface area contributed by atoms with E-state index in [1.54, 1.807) is 0 Å². The monoisotopic (exact) mass is 804 g/mol. The highest BCUT2D eigenvalue weighted by Gasteiger charge is 2.46. The number of rotatable bonds is 6. The molecule has 63 heavy (non-hydrogen) atoms. The van der Waals surface area contributed by atoms with Gasteiger partial charge in [0.15, 0.2) is 11.6 Å². The van der Waals surface area contributed by atoms with Gasteiger partial charge in [0.1, 0.15) is 11.2 Å². The molecule has 5 nitrogen and oxygen atoms in total. The third kappa shape index (κ3) is 5.33. The topological polar surface area (TPSA) is 56.7 Å². The van der Waals surface area contributed by atoms with Gasteiger partial charge in [-0.3, -0.25) is 4.57 Å². The van der Waals surface area contributed by atoms with E-state index in [1.807, 2.05) is 24.3 Å². The zero-order valence-corrected chi connectivity index (χ0v) is 34.0. The van der Waals surface area contributed by atoms with Crippen LogP contribution in [0, 0.1) is 0 Å². The predicted octanol–water partition coefficient (Wildman–Crippen LogP) is 14.2. The lowest BCUT2D eigenvalue weighted by Gasteiger charge is -2.34. The third-order valence-corrected chi connectivity index (χ3v) is 13.0. The molecule has 0 saturated carbocycles. The van der Waals surface area contributed by atoms with Crippen LogP contribution in [0.2, 0.25) is 0 Å². The normalized spacial score (nSPS) is 12.9. The zero-order valence-electron chi connectivity index (χ0n) is 34.0. The van der Waals surface area contributed by atoms with Gasteiger partial charge >= 0.3 is 0 Å². The van der Waals surface area contributed by atoms with Gasteiger partial charge < -0.3 is 4.42 Å². The summed E-state index contributed by atoms with van der Waals surface area (Å²) in [4.78, 5) is 16.0. The van der Waals surface area contributed by atoms with E-state index in [0.717, 1.165) is 66.0 Å². The van der Waals surface area contributed by atoms with Crippen LogP contribution >= 0.6 is 0 Å². The minimum atomic E-state index is -0.568. The first-order chi connectivity index (χ1) is 31.2. The smallest absolute Gasteiger partial charge is 0.238 e. The third-order valence-electron chi connectivity index (χ3n) is 13.0. The van der Waals surface area contributed by atoms with Crippen LogP contribution in [0.1, 0.15) is 22.3 Å². The second-order valence-electron chi connectivity index (χ2n) is 16.3. The van der Waals surface area contributed by atoms with Gasteiger partial charge in [-0.25, -0.2) is 4.98 Å². The van der Waals surface area contributed by atoms with E-state index < -0.39 is 5.41 Å². The van der Waals surface area contributed by atoms with Crippen molar-refractivity contribution in [3.05, 3.63) is 241 Å². The Morgan fingerprint density at radius 3 is 1.68 bits per heavy atom. The molecular formula is C58H36N4O. The minimum absolute atomic E-state index is 0.540. The van der Waals surface area contributed by atoms with Gasteiger partial charge in [0.05, 0.1) is 16.4 Å². The summed E-state index contributed by atoms with van der Waals surface area (Å²) in [6.07, 6.45) is 0. The van der Waals surface area contributed by atoms with Crippen LogP contribution in [0.5, 0.6) is 0 Å². The Bertz CT molecular complexity index is 3680. The Morgan fingerprint density at radius 2 is 0.921 bits per heavy atom. The first-order valence-electron chi connectivity index (χ1n) is 21.3. The lowest BCUT2D eigenvalue weighted by Crippen LogP contribution is -2.28. The molecule has 0 amide bonds. The fraction of sp³-hybridized carbons (Fsp3) is 0.0172. The van der Waals surface area contributed by atoms with E-state index in [2.05, 4.69) is 199 Å². The van der Waals surface area contributed by atoms with Gasteiger partial charge in [-0.05, 0) is 80.9 Å². The standard InChI is InChI=1S/C58H36N4O/c1-4-16-37(17-5-1)38-28-30-39(31-29-38)55-59-56(40-32-33-46-45-24-12-15-27-53(45)63-54(46)34-40)61-57(60-55)62-51-26-14-11-23-44(51)48-35-47-43-22-10-13-25-49(43)58(50(47)36-52(48)62,41-18-6-2-7-19-41)42-20-8-3-9-21-42/h1-36H. The van der Waals surface area contributed by atoms with Crippen LogP contribution in [0.4, 0.5) is 0 Å². The van der Waals surface area contributed by atoms with Crippen molar-refractivity contribution in [2.24, 2.45) is 0 Å². The van der Waals surface area contributed by atoms with E-state index in [0.29, 0.717) is 17.6 Å². The number of hydrogen-bond acceptors (Lipinski definition) is 4. The SMILES string of the molecule is c1ccc(-c2ccc(-c3nc(-c4ccc5c(c4)oc4ccccc45)nc(-n4c5ccccc5c5cc6c(cc54)C(c4ccccc4)(c4ccccc4)c4ccccc4-6)n3)cc2)cc1. The zero-order chi connectivity index (χ0) is 41.5. The lowest BCUT2D eigenvalue weighted by molar-refractivity contribution is 0.669. The van der Waals surface area contributed by atoms with Crippen molar-refractivity contribution in [1.29, 1.82) is 0 Å². The van der Waals surface area contributed by atoms with Gasteiger partial charge in [-0.1, -0.05) is 182 Å². The van der Waals surface area contributed by atoms with Gasteiger partial charge in [-0.15, -0.1) is 0 Å². The summed E-state index contributed by atoms with van der Waals surface area (Å²) in [7, 11) is 0. The van der Waals surface area contributed by atoms with Crippen molar-refractivity contribution >= 4 is 43.7 Å². The average Bonchev–Trinajstić information content (AvgIpc) is 4.00. The summed E-state index contributed by atoms with van der Waals surface area (Å²) >= 11 is 0. The molecule has 0 unspecified atom stereocenters. The van der Waals surface area contributed by atoms with Crippen molar-refractivity contribution in [1.82, 2.24) is 19.5 Å². The average molecular weight is 805 g/mol. The number of hydrogen-bond donors (Lipinski definition) is 0. The van der Waals surface area contributed by atoms with Crippen molar-refractivity contribution < 1.29 is 4.42 Å². The molecule has 0 atom stereocenters. The Kier molecular flexibility index (Phi) is 7.75. The van der Waals surface area contributed by atoms with Crippen molar-refractivity contribution in [3.8, 4) is 51.0 Å². The number of para-hydroxylation sites is 2. The molecule has 12 aromatic rings. The number of aromatic nitrogens is 4. The maximum atomic E-state index is 6.39. The molecule has 3 heterocycles. The van der Waals surface area contributed by atoms with Crippen molar-refractivity contribution in [2.75, 3.05) is 0 Å². The molecule has 0 fully saturated rings. The second-order valence-corrected chi connectivity index (χ2v) is 16.3. The molecule has 1 aliphatic carbocycles. The molecule has 1 aliphatic rings. The Labute approximate surface area is 363 Å². The molecular weight excluding hydrogens is 769 g/mol. The van der Waals surface area contributed by atoms with Gasteiger partial charge in [0, 0.05) is 32.7 Å². The fourth-order valence-electron chi connectivity index (χ4n) is 10.1. The van der Waals surface area contributed by atoms with E-state index in [-0.39, 0.29) is 0 Å². The second kappa shape index (κ2) is 13.8. The number of furan rings is 1. The summed E-state index contributed by atoms with van der Waals surface area (Å²) in [5, 5.41) is 4.40. The highest BCUT2D eigenvalue weighted by Crippen LogP contribution is 2.57. The molecule has 0 spiro atoms. The molecule has 13 rings (SSSR count). The molecule has 3 aromatic heterocycles. The van der Waals surface area contributed by atoms with Crippen LogP contribution in [-0.4, -0.2) is 19.5 Å². The van der Waals surface area contributed by atoms with Crippen LogP contribution in [-0.2, 0) is 5.41 Å². The molecule has 5 heteroatoms. The maximum Gasteiger partial charge on any atom is 0.238 e. The lowest BCUT2D eigenvalue weighted by atomic mass is 9.67. The number of benzene rings is 9. The molecule has 0 aliphatic heterocycles. The minimum Gasteiger partial charge on any atom is -0.456 e. The molecule has 294 valence electrons. The molecule has 0 radical (unpaired) electrons. The van der Waals surface area contributed by atoms with Gasteiger partial charge in [0.2, 0.25) is 5.95 Å². The van der Waals surface area contributed by atoms with E-state index >= 15 is 0 Å². The largest absolute Gasteiger partial charge is 0.456 e.